The molecule has 5 nitrogen and oxygen atoms in total. The molecule has 2 aromatic heterocycles. The SMILES string of the molecule is O=C1CCC(n2c3c(c4cccnc42)C=CCC3)C(=O)N1. The Hall–Kier alpha value is -2.43. The lowest BCUT2D eigenvalue weighted by atomic mass is 10.0. The van der Waals surface area contributed by atoms with E-state index < -0.39 is 0 Å². The summed E-state index contributed by atoms with van der Waals surface area (Å²) in [5.74, 6) is -0.402. The highest BCUT2D eigenvalue weighted by molar-refractivity contribution is 6.00. The molecule has 1 aliphatic heterocycles. The van der Waals surface area contributed by atoms with Gasteiger partial charge in [0.2, 0.25) is 11.8 Å². The minimum Gasteiger partial charge on any atom is -0.316 e. The van der Waals surface area contributed by atoms with Crippen LogP contribution in [0.4, 0.5) is 0 Å². The van der Waals surface area contributed by atoms with E-state index in [1.54, 1.807) is 6.20 Å². The first-order valence-corrected chi connectivity index (χ1v) is 7.24. The summed E-state index contributed by atoms with van der Waals surface area (Å²) in [5, 5.41) is 3.52. The molecule has 1 atom stereocenters. The number of carbonyl (C=O) groups excluding carboxylic acids is 2. The third kappa shape index (κ3) is 1.81. The zero-order valence-corrected chi connectivity index (χ0v) is 11.5. The van der Waals surface area contributed by atoms with Crippen molar-refractivity contribution in [2.75, 3.05) is 0 Å². The van der Waals surface area contributed by atoms with Crippen molar-refractivity contribution >= 4 is 28.9 Å². The van der Waals surface area contributed by atoms with Crippen LogP contribution >= 0.6 is 0 Å². The van der Waals surface area contributed by atoms with E-state index in [0.29, 0.717) is 12.8 Å². The number of aromatic nitrogens is 2. The molecule has 1 N–H and O–H groups in total. The molecule has 3 heterocycles. The van der Waals surface area contributed by atoms with Gasteiger partial charge in [-0.2, -0.15) is 0 Å². The minimum atomic E-state index is -0.338. The lowest BCUT2D eigenvalue weighted by Gasteiger charge is -2.25. The number of amides is 2. The van der Waals surface area contributed by atoms with Crippen molar-refractivity contribution in [1.82, 2.24) is 14.9 Å². The van der Waals surface area contributed by atoms with Crippen molar-refractivity contribution in [1.29, 1.82) is 0 Å². The van der Waals surface area contributed by atoms with E-state index in [2.05, 4.69) is 22.5 Å². The molecule has 2 amide bonds. The molecule has 0 bridgehead atoms. The topological polar surface area (TPSA) is 64.0 Å². The number of hydrogen-bond donors (Lipinski definition) is 1. The van der Waals surface area contributed by atoms with Crippen molar-refractivity contribution in [2.45, 2.75) is 31.7 Å². The molecule has 2 aliphatic rings. The number of carbonyl (C=O) groups is 2. The van der Waals surface area contributed by atoms with Gasteiger partial charge in [0, 0.05) is 29.3 Å². The number of imide groups is 1. The van der Waals surface area contributed by atoms with Gasteiger partial charge in [-0.25, -0.2) is 4.98 Å². The summed E-state index contributed by atoms with van der Waals surface area (Å²) in [6.45, 7) is 0. The minimum absolute atomic E-state index is 0.186. The molecule has 1 aliphatic carbocycles. The number of nitrogens with one attached hydrogen (secondary N) is 1. The Morgan fingerprint density at radius 2 is 2.19 bits per heavy atom. The standard InChI is InChI=1S/C16H15N3O2/c20-14-8-7-13(16(21)18-14)19-12-6-2-1-4-10(12)11-5-3-9-17-15(11)19/h1,3-5,9,13H,2,6-8H2,(H,18,20,21). The summed E-state index contributed by atoms with van der Waals surface area (Å²) < 4.78 is 2.04. The molecule has 1 saturated heterocycles. The van der Waals surface area contributed by atoms with E-state index in [-0.39, 0.29) is 17.9 Å². The molecule has 0 radical (unpaired) electrons. The van der Waals surface area contributed by atoms with Crippen molar-refractivity contribution < 1.29 is 9.59 Å². The molecule has 0 spiro atoms. The number of fused-ring (bicyclic) bond motifs is 3. The van der Waals surface area contributed by atoms with Gasteiger partial charge in [-0.05, 0) is 31.4 Å². The van der Waals surface area contributed by atoms with Gasteiger partial charge in [-0.15, -0.1) is 0 Å². The van der Waals surface area contributed by atoms with Crippen LogP contribution in [0.2, 0.25) is 0 Å². The van der Waals surface area contributed by atoms with E-state index in [1.807, 2.05) is 16.7 Å². The number of rotatable bonds is 1. The highest BCUT2D eigenvalue weighted by atomic mass is 16.2. The van der Waals surface area contributed by atoms with E-state index in [4.69, 9.17) is 0 Å². The summed E-state index contributed by atoms with van der Waals surface area (Å²) in [7, 11) is 0. The fraction of sp³-hybridized carbons (Fsp3) is 0.312. The van der Waals surface area contributed by atoms with Crippen LogP contribution in [0.1, 0.15) is 36.6 Å². The maximum absolute atomic E-state index is 12.2. The molecule has 1 unspecified atom stereocenters. The molecular formula is C16H15N3O2. The molecule has 106 valence electrons. The second-order valence-electron chi connectivity index (χ2n) is 5.51. The van der Waals surface area contributed by atoms with Crippen LogP contribution in [-0.2, 0) is 16.0 Å². The zero-order valence-electron chi connectivity index (χ0n) is 11.5. The maximum atomic E-state index is 12.2. The van der Waals surface area contributed by atoms with Gasteiger partial charge in [0.05, 0.1) is 0 Å². The third-order valence-corrected chi connectivity index (χ3v) is 4.26. The average Bonchev–Trinajstić information content (AvgIpc) is 2.82. The van der Waals surface area contributed by atoms with E-state index in [0.717, 1.165) is 35.1 Å². The molecule has 1 fully saturated rings. The highest BCUT2D eigenvalue weighted by Gasteiger charge is 2.32. The van der Waals surface area contributed by atoms with Gasteiger partial charge < -0.3 is 4.57 Å². The van der Waals surface area contributed by atoms with Crippen molar-refractivity contribution in [2.24, 2.45) is 0 Å². The third-order valence-electron chi connectivity index (χ3n) is 4.26. The van der Waals surface area contributed by atoms with Gasteiger partial charge in [-0.1, -0.05) is 12.2 Å². The first kappa shape index (κ1) is 12.3. The van der Waals surface area contributed by atoms with Crippen LogP contribution in [0.15, 0.2) is 24.4 Å². The molecule has 0 saturated carbocycles. The predicted octanol–water partition coefficient (Wildman–Crippen LogP) is 1.97. The molecule has 2 aromatic rings. The van der Waals surface area contributed by atoms with Gasteiger partial charge >= 0.3 is 0 Å². The normalized spacial score (nSPS) is 21.4. The van der Waals surface area contributed by atoms with Crippen LogP contribution in [0.25, 0.3) is 17.1 Å². The van der Waals surface area contributed by atoms with Crippen molar-refractivity contribution in [3.63, 3.8) is 0 Å². The van der Waals surface area contributed by atoms with Crippen LogP contribution in [0.5, 0.6) is 0 Å². The van der Waals surface area contributed by atoms with E-state index in [1.165, 1.54) is 0 Å². The Kier molecular flexibility index (Phi) is 2.67. The van der Waals surface area contributed by atoms with Crippen LogP contribution in [0.3, 0.4) is 0 Å². The molecule has 0 aromatic carbocycles. The van der Waals surface area contributed by atoms with Crippen molar-refractivity contribution in [3.05, 3.63) is 35.7 Å². The quantitative estimate of drug-likeness (QED) is 0.813. The average molecular weight is 281 g/mol. The Balaban J connectivity index is 1.94. The van der Waals surface area contributed by atoms with E-state index in [9.17, 15) is 9.59 Å². The monoisotopic (exact) mass is 281 g/mol. The Bertz CT molecular complexity index is 788. The number of piperidine rings is 1. The Morgan fingerprint density at radius 1 is 1.29 bits per heavy atom. The summed E-state index contributed by atoms with van der Waals surface area (Å²) in [6.07, 6.45) is 8.82. The van der Waals surface area contributed by atoms with Crippen LogP contribution < -0.4 is 5.32 Å². The van der Waals surface area contributed by atoms with Gasteiger partial charge in [0.1, 0.15) is 11.7 Å². The maximum Gasteiger partial charge on any atom is 0.249 e. The number of nitrogens with zero attached hydrogens (tertiary/aromatic N) is 2. The molecule has 21 heavy (non-hydrogen) atoms. The Morgan fingerprint density at radius 3 is 3.05 bits per heavy atom. The number of hydrogen-bond acceptors (Lipinski definition) is 3. The van der Waals surface area contributed by atoms with Crippen LogP contribution in [-0.4, -0.2) is 21.4 Å². The largest absolute Gasteiger partial charge is 0.316 e. The molecule has 5 heteroatoms. The van der Waals surface area contributed by atoms with Gasteiger partial charge in [-0.3, -0.25) is 14.9 Å². The fourth-order valence-electron chi connectivity index (χ4n) is 3.34. The molecule has 4 rings (SSSR count). The summed E-state index contributed by atoms with van der Waals surface area (Å²) in [5.41, 5.74) is 3.15. The fourth-order valence-corrected chi connectivity index (χ4v) is 3.34. The first-order chi connectivity index (χ1) is 10.3. The molecular weight excluding hydrogens is 266 g/mol. The lowest BCUT2D eigenvalue weighted by molar-refractivity contribution is -0.135. The number of pyridine rings is 1. The Labute approximate surface area is 121 Å². The van der Waals surface area contributed by atoms with Crippen LogP contribution in [0, 0.1) is 0 Å². The predicted molar refractivity (Wildman–Crippen MR) is 78.5 cm³/mol. The zero-order chi connectivity index (χ0) is 14.4. The second kappa shape index (κ2) is 4.55. The summed E-state index contributed by atoms with van der Waals surface area (Å²) >= 11 is 0. The summed E-state index contributed by atoms with van der Waals surface area (Å²) in [6, 6.07) is 3.62. The smallest absolute Gasteiger partial charge is 0.249 e. The van der Waals surface area contributed by atoms with Gasteiger partial charge in [0.15, 0.2) is 0 Å². The number of allylic oxidation sites excluding steroid dienone is 1. The lowest BCUT2D eigenvalue weighted by Crippen LogP contribution is -2.42. The van der Waals surface area contributed by atoms with Gasteiger partial charge in [0.25, 0.3) is 0 Å². The highest BCUT2D eigenvalue weighted by Crippen LogP contribution is 2.34. The van der Waals surface area contributed by atoms with Crippen molar-refractivity contribution in [3.8, 4) is 0 Å². The van der Waals surface area contributed by atoms with E-state index >= 15 is 0 Å². The summed E-state index contributed by atoms with van der Waals surface area (Å²) in [4.78, 5) is 28.1. The second-order valence-corrected chi connectivity index (χ2v) is 5.51. The first-order valence-electron chi connectivity index (χ1n) is 7.24.